The zero-order valence-corrected chi connectivity index (χ0v) is 11.6. The summed E-state index contributed by atoms with van der Waals surface area (Å²) in [5.41, 5.74) is 1.78. The molecule has 108 valence electrons. The van der Waals surface area contributed by atoms with Crippen LogP contribution >= 0.6 is 0 Å². The Morgan fingerprint density at radius 1 is 1.48 bits per heavy atom. The first-order chi connectivity index (χ1) is 10.3. The van der Waals surface area contributed by atoms with Crippen LogP contribution in [0, 0.1) is 0 Å². The highest BCUT2D eigenvalue weighted by Crippen LogP contribution is 2.18. The zero-order valence-electron chi connectivity index (χ0n) is 11.6. The molecule has 0 aliphatic heterocycles. The van der Waals surface area contributed by atoms with Crippen LogP contribution < -0.4 is 5.32 Å². The maximum absolute atomic E-state index is 12.1. The van der Waals surface area contributed by atoms with E-state index in [-0.39, 0.29) is 5.91 Å². The molecule has 1 N–H and O–H groups in total. The third-order valence-corrected chi connectivity index (χ3v) is 3.22. The van der Waals surface area contributed by atoms with Crippen molar-refractivity contribution in [3.05, 3.63) is 42.2 Å². The summed E-state index contributed by atoms with van der Waals surface area (Å²) in [6.45, 7) is 3.18. The number of nitrogens with zero attached hydrogens (tertiary/aromatic N) is 4. The normalized spacial score (nSPS) is 10.9. The highest BCUT2D eigenvalue weighted by molar-refractivity contribution is 5.96. The van der Waals surface area contributed by atoms with Crippen molar-refractivity contribution in [2.45, 2.75) is 19.9 Å². The van der Waals surface area contributed by atoms with Crippen molar-refractivity contribution in [3.63, 3.8) is 0 Å². The fourth-order valence-electron chi connectivity index (χ4n) is 2.08. The molecule has 0 unspecified atom stereocenters. The molecule has 3 heterocycles. The van der Waals surface area contributed by atoms with Crippen LogP contribution in [0.25, 0.3) is 11.1 Å². The molecule has 7 nitrogen and oxygen atoms in total. The van der Waals surface area contributed by atoms with Crippen molar-refractivity contribution in [2.24, 2.45) is 0 Å². The van der Waals surface area contributed by atoms with Gasteiger partial charge in [0.25, 0.3) is 11.6 Å². The summed E-state index contributed by atoms with van der Waals surface area (Å²) in [7, 11) is 0. The van der Waals surface area contributed by atoms with E-state index in [1.165, 1.54) is 6.20 Å². The van der Waals surface area contributed by atoms with Crippen LogP contribution in [0.1, 0.15) is 23.0 Å². The minimum Gasteiger partial charge on any atom is -0.350 e. The Bertz CT molecular complexity index is 748. The Morgan fingerprint density at radius 2 is 2.38 bits per heavy atom. The smallest absolute Gasteiger partial charge is 0.257 e. The monoisotopic (exact) mass is 285 g/mol. The van der Waals surface area contributed by atoms with E-state index in [2.05, 4.69) is 20.4 Å². The summed E-state index contributed by atoms with van der Waals surface area (Å²) in [4.78, 5) is 20.2. The first kappa shape index (κ1) is 13.3. The van der Waals surface area contributed by atoms with Gasteiger partial charge >= 0.3 is 0 Å². The van der Waals surface area contributed by atoms with Crippen LogP contribution in [0.15, 0.2) is 35.5 Å². The van der Waals surface area contributed by atoms with Gasteiger partial charge in [-0.25, -0.2) is 9.97 Å². The number of pyridine rings is 1. The number of fused-ring (bicyclic) bond motifs is 1. The Kier molecular flexibility index (Phi) is 3.63. The number of carbonyl (C=O) groups excluding carboxylic acids is 1. The maximum Gasteiger partial charge on any atom is 0.257 e. The number of aryl methyl sites for hydroxylation is 1. The second kappa shape index (κ2) is 5.74. The van der Waals surface area contributed by atoms with E-state index in [1.54, 1.807) is 18.6 Å². The lowest BCUT2D eigenvalue weighted by molar-refractivity contribution is 0.0952. The molecular formula is C14H15N5O2. The highest BCUT2D eigenvalue weighted by atomic mass is 16.5. The Balaban J connectivity index is 1.69. The summed E-state index contributed by atoms with van der Waals surface area (Å²) in [5.74, 6) is -0.159. The third-order valence-electron chi connectivity index (χ3n) is 3.22. The summed E-state index contributed by atoms with van der Waals surface area (Å²) in [6.07, 6.45) is 7.51. The zero-order chi connectivity index (χ0) is 14.7. The molecule has 0 spiro atoms. The molecule has 0 bridgehead atoms. The van der Waals surface area contributed by atoms with Gasteiger partial charge in [0.1, 0.15) is 0 Å². The van der Waals surface area contributed by atoms with Crippen LogP contribution in [0.3, 0.4) is 0 Å². The molecule has 3 rings (SSSR count). The van der Waals surface area contributed by atoms with Crippen LogP contribution in [-0.2, 0) is 13.0 Å². The summed E-state index contributed by atoms with van der Waals surface area (Å²) >= 11 is 0. The van der Waals surface area contributed by atoms with Crippen LogP contribution in [0.5, 0.6) is 0 Å². The number of amides is 1. The number of rotatable bonds is 5. The number of carbonyl (C=O) groups is 1. The molecule has 21 heavy (non-hydrogen) atoms. The first-order valence-corrected chi connectivity index (χ1v) is 6.76. The van der Waals surface area contributed by atoms with Gasteiger partial charge in [0.15, 0.2) is 0 Å². The Morgan fingerprint density at radius 3 is 3.14 bits per heavy atom. The lowest BCUT2D eigenvalue weighted by Gasteiger charge is -2.05. The van der Waals surface area contributed by atoms with Gasteiger partial charge in [-0.3, -0.25) is 4.79 Å². The summed E-state index contributed by atoms with van der Waals surface area (Å²) in [6, 6.07) is 1.77. The minimum absolute atomic E-state index is 0.159. The summed E-state index contributed by atoms with van der Waals surface area (Å²) in [5, 5.41) is 7.58. The van der Waals surface area contributed by atoms with E-state index in [9.17, 15) is 4.79 Å². The van der Waals surface area contributed by atoms with Gasteiger partial charge in [-0.1, -0.05) is 12.1 Å². The predicted molar refractivity (Wildman–Crippen MR) is 75.7 cm³/mol. The second-order valence-corrected chi connectivity index (χ2v) is 4.62. The Hall–Kier alpha value is -2.70. The molecule has 0 aromatic carbocycles. The lowest BCUT2D eigenvalue weighted by Crippen LogP contribution is -2.27. The van der Waals surface area contributed by atoms with Gasteiger partial charge in [-0.2, -0.15) is 0 Å². The van der Waals surface area contributed by atoms with Gasteiger partial charge in [0, 0.05) is 31.7 Å². The number of nitrogens with one attached hydrogen (secondary N) is 1. The van der Waals surface area contributed by atoms with Gasteiger partial charge < -0.3 is 14.4 Å². The van der Waals surface area contributed by atoms with Crippen molar-refractivity contribution in [2.75, 3.05) is 6.54 Å². The number of hydrogen-bond donors (Lipinski definition) is 1. The topological polar surface area (TPSA) is 85.8 Å². The van der Waals surface area contributed by atoms with Crippen molar-refractivity contribution in [1.29, 1.82) is 0 Å². The molecule has 1 amide bonds. The van der Waals surface area contributed by atoms with Gasteiger partial charge in [-0.05, 0) is 12.5 Å². The molecule has 0 fully saturated rings. The molecule has 3 aromatic heterocycles. The second-order valence-electron chi connectivity index (χ2n) is 4.62. The number of aromatic nitrogens is 4. The van der Waals surface area contributed by atoms with E-state index in [1.807, 2.05) is 17.7 Å². The lowest BCUT2D eigenvalue weighted by atomic mass is 10.1. The quantitative estimate of drug-likeness (QED) is 0.766. The van der Waals surface area contributed by atoms with E-state index < -0.39 is 0 Å². The first-order valence-electron chi connectivity index (χ1n) is 6.76. The van der Waals surface area contributed by atoms with Crippen LogP contribution in [0.2, 0.25) is 0 Å². The average Bonchev–Trinajstić information content (AvgIpc) is 3.15. The third kappa shape index (κ3) is 2.76. The van der Waals surface area contributed by atoms with Gasteiger partial charge in [-0.15, -0.1) is 0 Å². The maximum atomic E-state index is 12.1. The predicted octanol–water partition coefficient (Wildman–Crippen LogP) is 1.41. The van der Waals surface area contributed by atoms with Crippen molar-refractivity contribution >= 4 is 17.0 Å². The molecular weight excluding hydrogens is 270 g/mol. The molecule has 0 radical (unpaired) electrons. The Labute approximate surface area is 121 Å². The fraction of sp³-hybridized carbons (Fsp3) is 0.286. The molecule has 7 heteroatoms. The molecule has 0 aliphatic rings. The van der Waals surface area contributed by atoms with E-state index >= 15 is 0 Å². The highest BCUT2D eigenvalue weighted by Gasteiger charge is 2.12. The molecule has 0 atom stereocenters. The van der Waals surface area contributed by atoms with Crippen LogP contribution in [-0.4, -0.2) is 32.1 Å². The van der Waals surface area contributed by atoms with Crippen LogP contribution in [0.4, 0.5) is 0 Å². The SMILES string of the molecule is CCc1noc2ncc(C(=O)NCCn3ccnc3)cc12. The minimum atomic E-state index is -0.159. The number of hydrogen-bond acceptors (Lipinski definition) is 5. The largest absolute Gasteiger partial charge is 0.350 e. The molecule has 0 saturated carbocycles. The van der Waals surface area contributed by atoms with Crippen molar-refractivity contribution in [1.82, 2.24) is 25.0 Å². The summed E-state index contributed by atoms with van der Waals surface area (Å²) < 4.78 is 7.00. The van der Waals surface area contributed by atoms with Gasteiger partial charge in [0.05, 0.1) is 23.0 Å². The van der Waals surface area contributed by atoms with Gasteiger partial charge in [0.2, 0.25) is 0 Å². The van der Waals surface area contributed by atoms with Crippen molar-refractivity contribution < 1.29 is 9.32 Å². The molecule has 0 saturated heterocycles. The van der Waals surface area contributed by atoms with E-state index in [0.29, 0.717) is 24.4 Å². The molecule has 3 aromatic rings. The van der Waals surface area contributed by atoms with E-state index in [4.69, 9.17) is 4.52 Å². The van der Waals surface area contributed by atoms with Crippen molar-refractivity contribution in [3.8, 4) is 0 Å². The average molecular weight is 285 g/mol. The molecule has 0 aliphatic carbocycles. The van der Waals surface area contributed by atoms with E-state index in [0.717, 1.165) is 17.5 Å². The fourth-order valence-corrected chi connectivity index (χ4v) is 2.08. The standard InChI is InChI=1S/C14H15N5O2/c1-2-12-11-7-10(8-17-14(11)21-18-12)13(20)16-4-6-19-5-3-15-9-19/h3,5,7-9H,2,4,6H2,1H3,(H,16,20). The number of imidazole rings is 1.